The van der Waals surface area contributed by atoms with Gasteiger partial charge in [0.05, 0.1) is 24.3 Å². The summed E-state index contributed by atoms with van der Waals surface area (Å²) in [4.78, 5) is 28.4. The number of carbonyl (C=O) groups excluding carboxylic acids is 2. The highest BCUT2D eigenvalue weighted by Gasteiger charge is 2.47. The molecule has 4 rings (SSSR count). The molecule has 198 valence electrons. The summed E-state index contributed by atoms with van der Waals surface area (Å²) < 4.78 is 19.5. The average Bonchev–Trinajstić information content (AvgIpc) is 3.13. The Kier molecular flexibility index (Phi) is 6.96. The van der Waals surface area contributed by atoms with Crippen molar-refractivity contribution in [2.24, 2.45) is 0 Å². The molecule has 0 saturated carbocycles. The van der Waals surface area contributed by atoms with Crippen molar-refractivity contribution in [2.45, 2.75) is 58.4 Å². The number of hydrogen-bond acceptors (Lipinski definition) is 4. The summed E-state index contributed by atoms with van der Waals surface area (Å²) >= 11 is 0. The van der Waals surface area contributed by atoms with Crippen LogP contribution in [-0.4, -0.2) is 23.9 Å². The molecule has 1 heterocycles. The van der Waals surface area contributed by atoms with E-state index in [4.69, 9.17) is 4.74 Å². The van der Waals surface area contributed by atoms with E-state index in [-0.39, 0.29) is 27.7 Å². The zero-order valence-corrected chi connectivity index (χ0v) is 22.9. The van der Waals surface area contributed by atoms with Crippen LogP contribution in [0.2, 0.25) is 0 Å². The summed E-state index contributed by atoms with van der Waals surface area (Å²) in [5.74, 6) is -2.52. The quantitative estimate of drug-likeness (QED) is 0.230. The van der Waals surface area contributed by atoms with Crippen molar-refractivity contribution >= 4 is 23.1 Å². The first-order valence-corrected chi connectivity index (χ1v) is 12.6. The summed E-state index contributed by atoms with van der Waals surface area (Å²) in [6, 6.07) is 17.9. The molecule has 6 heteroatoms. The predicted molar refractivity (Wildman–Crippen MR) is 148 cm³/mol. The highest BCUT2D eigenvalue weighted by Crippen LogP contribution is 2.44. The Balaban J connectivity index is 1.95. The number of anilines is 1. The molecule has 1 atom stereocenters. The van der Waals surface area contributed by atoms with Crippen LogP contribution >= 0.6 is 0 Å². The monoisotopic (exact) mass is 515 g/mol. The lowest BCUT2D eigenvalue weighted by Gasteiger charge is -2.27. The van der Waals surface area contributed by atoms with Crippen LogP contribution in [-0.2, 0) is 20.4 Å². The zero-order chi connectivity index (χ0) is 28.0. The van der Waals surface area contributed by atoms with E-state index in [1.165, 1.54) is 24.1 Å². The first kappa shape index (κ1) is 27.1. The number of aliphatic hydroxyl groups excluding tert-OH is 1. The summed E-state index contributed by atoms with van der Waals surface area (Å²) in [5, 5.41) is 11.4. The maximum Gasteiger partial charge on any atom is 0.300 e. The summed E-state index contributed by atoms with van der Waals surface area (Å²) in [6.07, 6.45) is 0. The third-order valence-electron chi connectivity index (χ3n) is 6.97. The number of ketones is 1. The predicted octanol–water partition coefficient (Wildman–Crippen LogP) is 7.06. The summed E-state index contributed by atoms with van der Waals surface area (Å²) in [7, 11) is 1.39. The molecule has 1 unspecified atom stereocenters. The maximum atomic E-state index is 14.2. The lowest BCUT2D eigenvalue weighted by atomic mass is 9.85. The van der Waals surface area contributed by atoms with Crippen molar-refractivity contribution < 1.29 is 23.8 Å². The fourth-order valence-electron chi connectivity index (χ4n) is 4.71. The number of halogens is 1. The maximum absolute atomic E-state index is 14.2. The molecule has 0 spiro atoms. The zero-order valence-electron chi connectivity index (χ0n) is 22.9. The van der Waals surface area contributed by atoms with Crippen molar-refractivity contribution in [1.82, 2.24) is 0 Å². The Morgan fingerprint density at radius 3 is 1.87 bits per heavy atom. The molecule has 1 N–H and O–H groups in total. The van der Waals surface area contributed by atoms with Gasteiger partial charge in [-0.15, -0.1) is 0 Å². The van der Waals surface area contributed by atoms with E-state index in [0.29, 0.717) is 11.3 Å². The van der Waals surface area contributed by atoms with E-state index in [1.807, 2.05) is 48.5 Å². The Morgan fingerprint density at radius 1 is 0.842 bits per heavy atom. The highest BCUT2D eigenvalue weighted by molar-refractivity contribution is 6.51. The fraction of sp³-hybridized carbons (Fsp3) is 0.312. The second-order valence-electron chi connectivity index (χ2n) is 11.7. The van der Waals surface area contributed by atoms with E-state index in [0.717, 1.165) is 17.2 Å². The van der Waals surface area contributed by atoms with E-state index in [1.54, 1.807) is 0 Å². The first-order valence-electron chi connectivity index (χ1n) is 12.6. The molecule has 38 heavy (non-hydrogen) atoms. The number of ether oxygens (including phenoxy) is 1. The van der Waals surface area contributed by atoms with E-state index in [9.17, 15) is 19.1 Å². The largest absolute Gasteiger partial charge is 0.507 e. The number of aliphatic hydroxyl groups is 1. The van der Waals surface area contributed by atoms with Crippen molar-refractivity contribution in [3.63, 3.8) is 0 Å². The molecule has 3 aromatic carbocycles. The van der Waals surface area contributed by atoms with Gasteiger partial charge >= 0.3 is 0 Å². The van der Waals surface area contributed by atoms with Crippen molar-refractivity contribution in [3.05, 3.63) is 100 Å². The van der Waals surface area contributed by atoms with Crippen LogP contribution in [0, 0.1) is 5.82 Å². The van der Waals surface area contributed by atoms with Crippen LogP contribution in [0.15, 0.2) is 72.3 Å². The number of nitrogens with zero attached hydrogens (tertiary/aromatic N) is 1. The van der Waals surface area contributed by atoms with Gasteiger partial charge in [0.25, 0.3) is 11.7 Å². The van der Waals surface area contributed by atoms with Gasteiger partial charge in [-0.05, 0) is 57.9 Å². The smallest absolute Gasteiger partial charge is 0.300 e. The van der Waals surface area contributed by atoms with Crippen molar-refractivity contribution in [3.8, 4) is 5.75 Å². The van der Waals surface area contributed by atoms with E-state index in [2.05, 4.69) is 41.5 Å². The van der Waals surface area contributed by atoms with Crippen LogP contribution in [0.3, 0.4) is 0 Å². The number of methoxy groups -OCH3 is 1. The molecule has 5 nitrogen and oxygen atoms in total. The third-order valence-corrected chi connectivity index (χ3v) is 6.97. The van der Waals surface area contributed by atoms with Gasteiger partial charge in [0.1, 0.15) is 17.3 Å². The lowest BCUT2D eigenvalue weighted by molar-refractivity contribution is -0.132. The normalized spacial score (nSPS) is 17.7. The minimum absolute atomic E-state index is 0.00453. The third kappa shape index (κ3) is 4.95. The van der Waals surface area contributed by atoms with Gasteiger partial charge in [-0.2, -0.15) is 0 Å². The first-order chi connectivity index (χ1) is 17.7. The SMILES string of the molecule is COc1ccc(F)cc1/C(O)=C1\C(=O)C(=O)N(c2ccc(C(C)(C)C)cc2)C1c1ccc(C(C)(C)C)cc1. The minimum atomic E-state index is -0.919. The molecule has 1 saturated heterocycles. The molecule has 1 fully saturated rings. The second kappa shape index (κ2) is 9.75. The van der Waals surface area contributed by atoms with Gasteiger partial charge in [-0.3, -0.25) is 14.5 Å². The minimum Gasteiger partial charge on any atom is -0.507 e. The van der Waals surface area contributed by atoms with Crippen LogP contribution in [0.25, 0.3) is 5.76 Å². The standard InChI is InChI=1S/C32H34FNO4/c1-31(2,3)20-10-8-19(9-11-20)27-26(28(35)24-18-22(33)14-17-25(24)38-7)29(36)30(37)34(27)23-15-12-21(13-16-23)32(4,5)6/h8-18,27,35H,1-7H3/b28-26+. The summed E-state index contributed by atoms with van der Waals surface area (Å²) in [6.45, 7) is 12.6. The molecule has 1 amide bonds. The lowest BCUT2D eigenvalue weighted by Crippen LogP contribution is -2.29. The van der Waals surface area contributed by atoms with Gasteiger partial charge in [0, 0.05) is 5.69 Å². The molecular weight excluding hydrogens is 481 g/mol. The number of benzene rings is 3. The van der Waals surface area contributed by atoms with E-state index >= 15 is 0 Å². The van der Waals surface area contributed by atoms with E-state index < -0.39 is 29.3 Å². The molecule has 1 aliphatic rings. The number of Topliss-reactive ketones (excluding diaryl/α,β-unsaturated/α-hetero) is 1. The molecule has 0 aliphatic carbocycles. The fourth-order valence-corrected chi connectivity index (χ4v) is 4.71. The van der Waals surface area contributed by atoms with Crippen LogP contribution in [0.4, 0.5) is 10.1 Å². The average molecular weight is 516 g/mol. The van der Waals surface area contributed by atoms with Crippen LogP contribution in [0.5, 0.6) is 5.75 Å². The number of amides is 1. The molecular formula is C32H34FNO4. The highest BCUT2D eigenvalue weighted by atomic mass is 19.1. The number of hydrogen-bond donors (Lipinski definition) is 1. The number of carbonyl (C=O) groups is 2. The van der Waals surface area contributed by atoms with Crippen LogP contribution < -0.4 is 9.64 Å². The molecule has 0 aromatic heterocycles. The Labute approximate surface area is 223 Å². The second-order valence-corrected chi connectivity index (χ2v) is 11.7. The Morgan fingerprint density at radius 2 is 1.37 bits per heavy atom. The number of rotatable bonds is 4. The Bertz CT molecular complexity index is 1410. The molecule has 0 radical (unpaired) electrons. The van der Waals surface area contributed by atoms with Gasteiger partial charge < -0.3 is 9.84 Å². The molecule has 0 bridgehead atoms. The molecule has 3 aromatic rings. The topological polar surface area (TPSA) is 66.8 Å². The summed E-state index contributed by atoms with van der Waals surface area (Å²) in [5.41, 5.74) is 3.02. The van der Waals surface area contributed by atoms with Crippen LogP contribution in [0.1, 0.15) is 69.8 Å². The van der Waals surface area contributed by atoms with Crippen molar-refractivity contribution in [1.29, 1.82) is 0 Å². The van der Waals surface area contributed by atoms with Crippen molar-refractivity contribution in [2.75, 3.05) is 12.0 Å². The molecule has 1 aliphatic heterocycles. The Hall–Kier alpha value is -3.93. The van der Waals surface area contributed by atoms with Gasteiger partial charge in [0.2, 0.25) is 0 Å². The van der Waals surface area contributed by atoms with Gasteiger partial charge in [-0.1, -0.05) is 77.9 Å². The van der Waals surface area contributed by atoms with Gasteiger partial charge in [0.15, 0.2) is 0 Å². The van der Waals surface area contributed by atoms with Gasteiger partial charge in [-0.25, -0.2) is 4.39 Å².